The molecular weight excluding hydrogens is 402 g/mol. The maximum atomic E-state index is 12.5. The van der Waals surface area contributed by atoms with E-state index in [0.717, 1.165) is 28.2 Å². The lowest BCUT2D eigenvalue weighted by Crippen LogP contribution is -2.19. The Balaban J connectivity index is 1.64. The molecule has 2 heterocycles. The number of halogens is 1. The van der Waals surface area contributed by atoms with Crippen LogP contribution in [0.3, 0.4) is 0 Å². The van der Waals surface area contributed by atoms with Crippen LogP contribution in [0.1, 0.15) is 22.4 Å². The minimum absolute atomic E-state index is 0.145. The van der Waals surface area contributed by atoms with E-state index < -0.39 is 0 Å². The summed E-state index contributed by atoms with van der Waals surface area (Å²) in [6.45, 7) is 6.06. The van der Waals surface area contributed by atoms with Gasteiger partial charge < -0.3 is 9.88 Å². The highest BCUT2D eigenvalue weighted by Crippen LogP contribution is 2.30. The third kappa shape index (κ3) is 4.02. The van der Waals surface area contributed by atoms with Gasteiger partial charge in [0.25, 0.3) is 5.91 Å². The molecule has 3 aromatic rings. The molecule has 1 fully saturated rings. The first-order valence-corrected chi connectivity index (χ1v) is 10.4. The molecule has 1 aliphatic heterocycles. The first-order valence-electron chi connectivity index (χ1n) is 9.22. The van der Waals surface area contributed by atoms with Gasteiger partial charge in [0.1, 0.15) is 0 Å². The number of hydrogen-bond donors (Lipinski definition) is 1. The molecule has 146 valence electrons. The smallest absolute Gasteiger partial charge is 0.264 e. The van der Waals surface area contributed by atoms with Gasteiger partial charge in [0, 0.05) is 22.6 Å². The van der Waals surface area contributed by atoms with Gasteiger partial charge in [-0.25, -0.2) is 4.99 Å². The van der Waals surface area contributed by atoms with E-state index in [4.69, 9.17) is 11.6 Å². The van der Waals surface area contributed by atoms with Crippen molar-refractivity contribution in [2.24, 2.45) is 4.99 Å². The number of carbonyl (C=O) groups is 1. The fourth-order valence-electron chi connectivity index (χ4n) is 3.06. The second-order valence-corrected chi connectivity index (χ2v) is 8.38. The van der Waals surface area contributed by atoms with Gasteiger partial charge in [0.05, 0.1) is 10.6 Å². The van der Waals surface area contributed by atoms with Crippen molar-refractivity contribution in [2.75, 3.05) is 0 Å². The second kappa shape index (κ2) is 7.93. The molecule has 0 atom stereocenters. The summed E-state index contributed by atoms with van der Waals surface area (Å²) in [5.74, 6) is -0.145. The molecule has 1 aromatic heterocycles. The summed E-state index contributed by atoms with van der Waals surface area (Å²) in [4.78, 5) is 17.7. The number of benzene rings is 2. The van der Waals surface area contributed by atoms with Crippen LogP contribution in [-0.2, 0) is 4.79 Å². The number of amides is 1. The number of aromatic nitrogens is 1. The zero-order valence-corrected chi connectivity index (χ0v) is 17.9. The molecule has 0 saturated carbocycles. The van der Waals surface area contributed by atoms with E-state index in [9.17, 15) is 4.79 Å². The summed E-state index contributed by atoms with van der Waals surface area (Å²) in [7, 11) is 0. The van der Waals surface area contributed by atoms with Crippen molar-refractivity contribution < 1.29 is 4.79 Å². The molecule has 0 aliphatic carbocycles. The Morgan fingerprint density at radius 3 is 2.69 bits per heavy atom. The van der Waals surface area contributed by atoms with Crippen LogP contribution in [0.4, 0.5) is 5.69 Å². The second-order valence-electron chi connectivity index (χ2n) is 6.94. The topological polar surface area (TPSA) is 46.4 Å². The number of carbonyl (C=O) groups excluding carboxylic acids is 1. The van der Waals surface area contributed by atoms with E-state index in [1.807, 2.05) is 73.2 Å². The third-order valence-corrected chi connectivity index (χ3v) is 6.26. The molecule has 6 heteroatoms. The van der Waals surface area contributed by atoms with E-state index in [-0.39, 0.29) is 5.91 Å². The Labute approximate surface area is 179 Å². The number of hydrogen-bond acceptors (Lipinski definition) is 3. The fourth-order valence-corrected chi connectivity index (χ4v) is 4.05. The summed E-state index contributed by atoms with van der Waals surface area (Å²) in [6.07, 6.45) is 3.83. The lowest BCUT2D eigenvalue weighted by atomic mass is 10.1. The standard InChI is InChI=1S/C23H20ClN3OS/c1-14-6-4-8-20(16(14)3)25-23-26-22(28)21(29-23)13-17-7-5-11-27(17)18-10-9-15(2)19(24)12-18/h4-13H,1-3H3,(H,25,26,28)/b21-13-. The largest absolute Gasteiger partial charge is 0.317 e. The minimum atomic E-state index is -0.145. The third-order valence-electron chi connectivity index (χ3n) is 4.94. The fraction of sp³-hybridized carbons (Fsp3) is 0.130. The van der Waals surface area contributed by atoms with Crippen molar-refractivity contribution in [3.63, 3.8) is 0 Å². The zero-order chi connectivity index (χ0) is 20.5. The Hall–Kier alpha value is -2.76. The van der Waals surface area contributed by atoms with Gasteiger partial charge in [-0.15, -0.1) is 0 Å². The van der Waals surface area contributed by atoms with Crippen molar-refractivity contribution in [1.29, 1.82) is 0 Å². The molecular formula is C23H20ClN3OS. The van der Waals surface area contributed by atoms with E-state index >= 15 is 0 Å². The maximum absolute atomic E-state index is 12.5. The van der Waals surface area contributed by atoms with E-state index in [1.165, 1.54) is 17.3 Å². The highest BCUT2D eigenvalue weighted by atomic mass is 35.5. The molecule has 1 amide bonds. The van der Waals surface area contributed by atoms with Crippen molar-refractivity contribution in [3.8, 4) is 5.69 Å². The molecule has 1 N–H and O–H groups in total. The number of aryl methyl sites for hydroxylation is 2. The van der Waals surface area contributed by atoms with E-state index in [0.29, 0.717) is 15.1 Å². The van der Waals surface area contributed by atoms with Crippen molar-refractivity contribution in [2.45, 2.75) is 20.8 Å². The molecule has 0 unspecified atom stereocenters. The number of nitrogens with zero attached hydrogens (tertiary/aromatic N) is 2. The van der Waals surface area contributed by atoms with Crippen molar-refractivity contribution in [3.05, 3.63) is 87.0 Å². The molecule has 29 heavy (non-hydrogen) atoms. The monoisotopic (exact) mass is 421 g/mol. The molecule has 4 rings (SSSR count). The number of rotatable bonds is 3. The van der Waals surface area contributed by atoms with Gasteiger partial charge >= 0.3 is 0 Å². The summed E-state index contributed by atoms with van der Waals surface area (Å²) in [5.41, 5.74) is 6.02. The van der Waals surface area contributed by atoms with Crippen LogP contribution in [0.5, 0.6) is 0 Å². The predicted molar refractivity (Wildman–Crippen MR) is 122 cm³/mol. The van der Waals surface area contributed by atoms with Gasteiger partial charge in [-0.3, -0.25) is 4.79 Å². The Kier molecular flexibility index (Phi) is 5.35. The molecule has 2 aromatic carbocycles. The number of aliphatic imine (C=N–C) groups is 1. The number of thioether (sulfide) groups is 1. The maximum Gasteiger partial charge on any atom is 0.264 e. The summed E-state index contributed by atoms with van der Waals surface area (Å²) in [6, 6.07) is 15.8. The predicted octanol–water partition coefficient (Wildman–Crippen LogP) is 5.95. The summed E-state index contributed by atoms with van der Waals surface area (Å²) >= 11 is 7.63. The van der Waals surface area contributed by atoms with Crippen LogP contribution in [-0.4, -0.2) is 15.6 Å². The lowest BCUT2D eigenvalue weighted by molar-refractivity contribution is -0.115. The quantitative estimate of drug-likeness (QED) is 0.531. The van der Waals surface area contributed by atoms with Crippen LogP contribution in [0.2, 0.25) is 5.02 Å². The lowest BCUT2D eigenvalue weighted by Gasteiger charge is -2.08. The van der Waals surface area contributed by atoms with Crippen molar-refractivity contribution >= 4 is 46.2 Å². The minimum Gasteiger partial charge on any atom is -0.317 e. The first kappa shape index (κ1) is 19.6. The van der Waals surface area contributed by atoms with E-state index in [2.05, 4.69) is 23.3 Å². The normalized spacial score (nSPS) is 16.6. The van der Waals surface area contributed by atoms with Crippen LogP contribution >= 0.6 is 23.4 Å². The Bertz CT molecular complexity index is 1180. The SMILES string of the molecule is Cc1ccc(-n2cccc2/C=C2\SC(=Nc3cccc(C)c3C)NC2=O)cc1Cl. The van der Waals surface area contributed by atoms with Gasteiger partial charge in [-0.1, -0.05) is 29.8 Å². The summed E-state index contributed by atoms with van der Waals surface area (Å²) < 4.78 is 2.01. The Morgan fingerprint density at radius 2 is 1.90 bits per heavy atom. The average Bonchev–Trinajstić information content (AvgIpc) is 3.28. The molecule has 4 nitrogen and oxygen atoms in total. The molecule has 1 saturated heterocycles. The molecule has 0 spiro atoms. The Morgan fingerprint density at radius 1 is 1.07 bits per heavy atom. The molecule has 0 bridgehead atoms. The van der Waals surface area contributed by atoms with Crippen LogP contribution in [0.15, 0.2) is 64.6 Å². The van der Waals surface area contributed by atoms with Gasteiger partial charge in [0.2, 0.25) is 0 Å². The van der Waals surface area contributed by atoms with E-state index in [1.54, 1.807) is 0 Å². The van der Waals surface area contributed by atoms with Gasteiger partial charge in [0.15, 0.2) is 5.17 Å². The highest BCUT2D eigenvalue weighted by Gasteiger charge is 2.24. The molecule has 0 radical (unpaired) electrons. The van der Waals surface area contributed by atoms with Gasteiger partial charge in [-0.2, -0.15) is 0 Å². The average molecular weight is 422 g/mol. The summed E-state index contributed by atoms with van der Waals surface area (Å²) in [5, 5.41) is 4.17. The van der Waals surface area contributed by atoms with Gasteiger partial charge in [-0.05, 0) is 85.6 Å². The van der Waals surface area contributed by atoms with Crippen LogP contribution < -0.4 is 5.32 Å². The van der Waals surface area contributed by atoms with Crippen LogP contribution in [0, 0.1) is 20.8 Å². The molecule has 1 aliphatic rings. The zero-order valence-electron chi connectivity index (χ0n) is 16.4. The van der Waals surface area contributed by atoms with Crippen molar-refractivity contribution in [1.82, 2.24) is 9.88 Å². The van der Waals surface area contributed by atoms with Crippen LogP contribution in [0.25, 0.3) is 11.8 Å². The first-order chi connectivity index (χ1) is 13.9. The number of amidine groups is 1. The highest BCUT2D eigenvalue weighted by molar-refractivity contribution is 8.18. The number of nitrogens with one attached hydrogen (secondary N) is 1.